The molecule has 0 amide bonds. The second-order valence-electron chi connectivity index (χ2n) is 5.48. The molecule has 2 heterocycles. The molecule has 0 saturated carbocycles. The standard InChI is InChI=1S/C18H18N2O3/c1-2-12-3-5-13(6-4-12)23-11-18-19-14-9-16-17(10-15(14)20-18)22-8-7-21-16/h3-6,9-10H,2,7-8,11H2,1H3,(H,19,20). The monoisotopic (exact) mass is 310 g/mol. The van der Waals surface area contributed by atoms with E-state index in [0.717, 1.165) is 40.5 Å². The summed E-state index contributed by atoms with van der Waals surface area (Å²) >= 11 is 0. The molecule has 0 saturated heterocycles. The summed E-state index contributed by atoms with van der Waals surface area (Å²) < 4.78 is 17.0. The first kappa shape index (κ1) is 13.9. The molecule has 4 rings (SSSR count). The van der Waals surface area contributed by atoms with Crippen LogP contribution in [0.5, 0.6) is 17.2 Å². The maximum atomic E-state index is 5.79. The Morgan fingerprint density at radius 2 is 1.83 bits per heavy atom. The molecule has 0 aliphatic carbocycles. The van der Waals surface area contributed by atoms with E-state index in [0.29, 0.717) is 19.8 Å². The zero-order valence-corrected chi connectivity index (χ0v) is 13.0. The molecule has 1 aliphatic heterocycles. The van der Waals surface area contributed by atoms with Crippen molar-refractivity contribution < 1.29 is 14.2 Å². The fourth-order valence-corrected chi connectivity index (χ4v) is 2.64. The van der Waals surface area contributed by atoms with E-state index < -0.39 is 0 Å². The number of ether oxygens (including phenoxy) is 3. The Labute approximate surface area is 134 Å². The van der Waals surface area contributed by atoms with Gasteiger partial charge in [-0.15, -0.1) is 0 Å². The van der Waals surface area contributed by atoms with Crippen molar-refractivity contribution in [2.75, 3.05) is 13.2 Å². The summed E-state index contributed by atoms with van der Waals surface area (Å²) in [5, 5.41) is 0. The quantitative estimate of drug-likeness (QED) is 0.801. The fraction of sp³-hybridized carbons (Fsp3) is 0.278. The lowest BCUT2D eigenvalue weighted by Gasteiger charge is -2.17. The van der Waals surface area contributed by atoms with Crippen LogP contribution in [0.3, 0.4) is 0 Å². The van der Waals surface area contributed by atoms with E-state index >= 15 is 0 Å². The molecule has 2 aromatic carbocycles. The van der Waals surface area contributed by atoms with Crippen LogP contribution in [0.15, 0.2) is 36.4 Å². The highest BCUT2D eigenvalue weighted by Crippen LogP contribution is 2.33. The summed E-state index contributed by atoms with van der Waals surface area (Å²) in [7, 11) is 0. The number of nitrogens with zero attached hydrogens (tertiary/aromatic N) is 1. The Morgan fingerprint density at radius 3 is 2.57 bits per heavy atom. The fourth-order valence-electron chi connectivity index (χ4n) is 2.64. The normalized spacial score (nSPS) is 13.3. The lowest BCUT2D eigenvalue weighted by Crippen LogP contribution is -2.15. The highest BCUT2D eigenvalue weighted by atomic mass is 16.6. The van der Waals surface area contributed by atoms with Crippen molar-refractivity contribution in [3.05, 3.63) is 47.8 Å². The van der Waals surface area contributed by atoms with Crippen molar-refractivity contribution in [3.63, 3.8) is 0 Å². The third-order valence-corrected chi connectivity index (χ3v) is 3.90. The molecule has 0 unspecified atom stereocenters. The molecule has 5 heteroatoms. The van der Waals surface area contributed by atoms with E-state index in [-0.39, 0.29) is 0 Å². The Balaban J connectivity index is 1.52. The molecule has 0 fully saturated rings. The Kier molecular flexibility index (Phi) is 3.54. The van der Waals surface area contributed by atoms with Gasteiger partial charge in [0.05, 0.1) is 11.0 Å². The second kappa shape index (κ2) is 5.83. The molecule has 5 nitrogen and oxygen atoms in total. The Hall–Kier alpha value is -2.69. The van der Waals surface area contributed by atoms with Crippen LogP contribution >= 0.6 is 0 Å². The number of H-pyrrole nitrogens is 1. The lowest BCUT2D eigenvalue weighted by atomic mass is 10.2. The van der Waals surface area contributed by atoms with Gasteiger partial charge in [-0.1, -0.05) is 19.1 Å². The molecule has 0 bridgehead atoms. The first-order valence-electron chi connectivity index (χ1n) is 7.82. The molecule has 0 spiro atoms. The summed E-state index contributed by atoms with van der Waals surface area (Å²) in [6.07, 6.45) is 1.03. The van der Waals surface area contributed by atoms with Gasteiger partial charge in [0.25, 0.3) is 0 Å². The van der Waals surface area contributed by atoms with E-state index in [1.54, 1.807) is 0 Å². The number of nitrogens with one attached hydrogen (secondary N) is 1. The van der Waals surface area contributed by atoms with Crippen LogP contribution in [-0.2, 0) is 13.0 Å². The van der Waals surface area contributed by atoms with Gasteiger partial charge in [0, 0.05) is 12.1 Å². The smallest absolute Gasteiger partial charge is 0.163 e. The molecule has 0 atom stereocenters. The lowest BCUT2D eigenvalue weighted by molar-refractivity contribution is 0.172. The van der Waals surface area contributed by atoms with E-state index in [1.165, 1.54) is 5.56 Å². The molecule has 23 heavy (non-hydrogen) atoms. The molecular weight excluding hydrogens is 292 g/mol. The van der Waals surface area contributed by atoms with Gasteiger partial charge in [-0.3, -0.25) is 0 Å². The number of fused-ring (bicyclic) bond motifs is 2. The first-order chi connectivity index (χ1) is 11.3. The minimum absolute atomic E-state index is 0.395. The number of aryl methyl sites for hydroxylation is 1. The minimum Gasteiger partial charge on any atom is -0.486 e. The van der Waals surface area contributed by atoms with Gasteiger partial charge in [-0.25, -0.2) is 4.98 Å². The predicted molar refractivity (Wildman–Crippen MR) is 87.2 cm³/mol. The molecule has 3 aromatic rings. The highest BCUT2D eigenvalue weighted by molar-refractivity contribution is 5.79. The van der Waals surface area contributed by atoms with Crippen LogP contribution in [0.25, 0.3) is 11.0 Å². The van der Waals surface area contributed by atoms with Crippen molar-refractivity contribution in [1.82, 2.24) is 9.97 Å². The van der Waals surface area contributed by atoms with Crippen LogP contribution in [-0.4, -0.2) is 23.2 Å². The Morgan fingerprint density at radius 1 is 1.09 bits per heavy atom. The first-order valence-corrected chi connectivity index (χ1v) is 7.82. The van der Waals surface area contributed by atoms with Gasteiger partial charge in [0.15, 0.2) is 11.5 Å². The van der Waals surface area contributed by atoms with Gasteiger partial charge in [0.2, 0.25) is 0 Å². The molecule has 1 aromatic heterocycles. The van der Waals surface area contributed by atoms with Crippen LogP contribution in [0.4, 0.5) is 0 Å². The van der Waals surface area contributed by atoms with E-state index in [2.05, 4.69) is 29.0 Å². The number of aromatic amines is 1. The average Bonchev–Trinajstić information content (AvgIpc) is 3.00. The minimum atomic E-state index is 0.395. The number of rotatable bonds is 4. The number of hydrogen-bond donors (Lipinski definition) is 1. The summed E-state index contributed by atoms with van der Waals surface area (Å²) in [6.45, 7) is 3.69. The molecule has 1 aliphatic rings. The van der Waals surface area contributed by atoms with Crippen LogP contribution in [0.2, 0.25) is 0 Å². The summed E-state index contributed by atoms with van der Waals surface area (Å²) in [5.74, 6) is 3.13. The van der Waals surface area contributed by atoms with E-state index in [4.69, 9.17) is 14.2 Å². The maximum Gasteiger partial charge on any atom is 0.163 e. The van der Waals surface area contributed by atoms with Gasteiger partial charge in [-0.2, -0.15) is 0 Å². The summed E-state index contributed by atoms with van der Waals surface area (Å²) in [5.41, 5.74) is 3.08. The van der Waals surface area contributed by atoms with E-state index in [9.17, 15) is 0 Å². The van der Waals surface area contributed by atoms with Crippen molar-refractivity contribution in [2.24, 2.45) is 0 Å². The third-order valence-electron chi connectivity index (χ3n) is 3.90. The van der Waals surface area contributed by atoms with Gasteiger partial charge >= 0.3 is 0 Å². The van der Waals surface area contributed by atoms with Crippen molar-refractivity contribution in [2.45, 2.75) is 20.0 Å². The molecular formula is C18H18N2O3. The SMILES string of the molecule is CCc1ccc(OCc2nc3cc4c(cc3[nH]2)OCCO4)cc1. The van der Waals surface area contributed by atoms with Crippen LogP contribution < -0.4 is 14.2 Å². The van der Waals surface area contributed by atoms with Gasteiger partial charge in [0.1, 0.15) is 31.4 Å². The van der Waals surface area contributed by atoms with Crippen molar-refractivity contribution in [3.8, 4) is 17.2 Å². The van der Waals surface area contributed by atoms with Gasteiger partial charge < -0.3 is 19.2 Å². The summed E-state index contributed by atoms with van der Waals surface area (Å²) in [6, 6.07) is 12.0. The molecule has 118 valence electrons. The predicted octanol–water partition coefficient (Wildman–Crippen LogP) is 3.48. The molecule has 0 radical (unpaired) electrons. The highest BCUT2D eigenvalue weighted by Gasteiger charge is 2.14. The number of imidazole rings is 1. The maximum absolute atomic E-state index is 5.79. The third kappa shape index (κ3) is 2.82. The van der Waals surface area contributed by atoms with Crippen LogP contribution in [0.1, 0.15) is 18.3 Å². The number of benzene rings is 2. The van der Waals surface area contributed by atoms with Gasteiger partial charge in [-0.05, 0) is 24.1 Å². The topological polar surface area (TPSA) is 56.4 Å². The number of hydrogen-bond acceptors (Lipinski definition) is 4. The molecule has 1 N–H and O–H groups in total. The van der Waals surface area contributed by atoms with Crippen molar-refractivity contribution >= 4 is 11.0 Å². The average molecular weight is 310 g/mol. The second-order valence-corrected chi connectivity index (χ2v) is 5.48. The van der Waals surface area contributed by atoms with E-state index in [1.807, 2.05) is 24.3 Å². The number of aromatic nitrogens is 2. The largest absolute Gasteiger partial charge is 0.486 e. The summed E-state index contributed by atoms with van der Waals surface area (Å²) in [4.78, 5) is 7.82. The van der Waals surface area contributed by atoms with Crippen LogP contribution in [0, 0.1) is 0 Å². The zero-order chi connectivity index (χ0) is 15.6. The zero-order valence-electron chi connectivity index (χ0n) is 13.0. The van der Waals surface area contributed by atoms with Crippen molar-refractivity contribution in [1.29, 1.82) is 0 Å². The Bertz CT molecular complexity index is 781.